The third-order valence-corrected chi connectivity index (χ3v) is 12.8. The Morgan fingerprint density at radius 3 is 1.61 bits per heavy atom. The molecule has 13 heteroatoms. The third-order valence-electron chi connectivity index (χ3n) is 12.8. The third kappa shape index (κ3) is 5.53. The van der Waals surface area contributed by atoms with E-state index < -0.39 is 47.3 Å². The molecule has 0 unspecified atom stereocenters. The lowest BCUT2D eigenvalue weighted by atomic mass is 9.57. The summed E-state index contributed by atoms with van der Waals surface area (Å²) in [6, 6.07) is 32.1. The number of ether oxygens (including phenoxy) is 2. The Hall–Kier alpha value is -7.54. The van der Waals surface area contributed by atoms with Crippen molar-refractivity contribution in [3.8, 4) is 40.2 Å². The summed E-state index contributed by atoms with van der Waals surface area (Å²) in [5.41, 5.74) is 6.26. The molecule has 1 saturated carbocycles. The number of hydrogen-bond acceptors (Lipinski definition) is 11. The number of para-hydroxylation sites is 4. The highest BCUT2D eigenvalue weighted by Gasteiger charge is 2.62. The van der Waals surface area contributed by atoms with Crippen LogP contribution in [0.4, 0.5) is 11.4 Å². The standard InChI is InChI=1S/C48H36N4O9/c1-58-37-21-26(22-38(59-2)42(37)53)39-29-19-20-30-40(47(56)51(45(30)54)27-15-11-24(12-16-27)43-49-33-7-3-5-9-35(33)60-43)31(29)23-32-41(39)48(57)52(46(32)55)28-17-13-25(14-18-28)44-50-34-8-4-6-10-36(34)61-44/h3-19,21-22,30-32,39-41,53H,20,23H2,1-2H3/t30-,31+,32+,39-,40-,41+/m0/s1. The van der Waals surface area contributed by atoms with Crippen molar-refractivity contribution in [2.24, 2.45) is 29.6 Å². The molecule has 0 bridgehead atoms. The maximum absolute atomic E-state index is 14.8. The molecule has 7 aromatic rings. The number of phenolic OH excluding ortho intramolecular Hbond substituents is 1. The molecule has 1 N–H and O–H groups in total. The number of nitrogens with zero attached hydrogens (tertiary/aromatic N) is 4. The van der Waals surface area contributed by atoms with E-state index in [1.807, 2.05) is 54.6 Å². The maximum atomic E-state index is 14.8. The van der Waals surface area contributed by atoms with Crippen LogP contribution in [0.25, 0.3) is 45.1 Å². The average molecular weight is 813 g/mol. The van der Waals surface area contributed by atoms with Gasteiger partial charge in [0.25, 0.3) is 0 Å². The smallest absolute Gasteiger partial charge is 0.238 e. The second-order valence-electron chi connectivity index (χ2n) is 15.9. The molecular weight excluding hydrogens is 777 g/mol. The van der Waals surface area contributed by atoms with E-state index in [9.17, 15) is 24.3 Å². The van der Waals surface area contributed by atoms with Gasteiger partial charge in [-0.05, 0) is 109 Å². The van der Waals surface area contributed by atoms with Crippen molar-refractivity contribution in [1.82, 2.24) is 9.97 Å². The largest absolute Gasteiger partial charge is 0.502 e. The van der Waals surface area contributed by atoms with Crippen molar-refractivity contribution in [3.63, 3.8) is 0 Å². The van der Waals surface area contributed by atoms with Crippen molar-refractivity contribution in [2.75, 3.05) is 24.0 Å². The molecule has 2 aliphatic heterocycles. The normalized spacial score (nSPS) is 23.3. The summed E-state index contributed by atoms with van der Waals surface area (Å²) in [5.74, 6) is -4.96. The second kappa shape index (κ2) is 13.8. The van der Waals surface area contributed by atoms with Crippen molar-refractivity contribution in [3.05, 3.63) is 126 Å². The molecule has 4 heterocycles. The lowest BCUT2D eigenvalue weighted by Crippen LogP contribution is -2.43. The average Bonchev–Trinajstić information content (AvgIpc) is 4.04. The Kier molecular flexibility index (Phi) is 8.24. The van der Waals surface area contributed by atoms with E-state index in [1.165, 1.54) is 24.0 Å². The molecule has 3 fully saturated rings. The summed E-state index contributed by atoms with van der Waals surface area (Å²) >= 11 is 0. The van der Waals surface area contributed by atoms with Crippen LogP contribution in [0.2, 0.25) is 0 Å². The Balaban J connectivity index is 0.950. The van der Waals surface area contributed by atoms with Gasteiger partial charge in [-0.15, -0.1) is 0 Å². The fraction of sp³-hybridized carbons (Fsp3) is 0.208. The number of aromatic hydroxyl groups is 1. The van der Waals surface area contributed by atoms with Crippen LogP contribution in [-0.4, -0.2) is 52.9 Å². The van der Waals surface area contributed by atoms with Gasteiger partial charge < -0.3 is 23.4 Å². The number of hydrogen-bond donors (Lipinski definition) is 1. The monoisotopic (exact) mass is 812 g/mol. The molecule has 302 valence electrons. The number of carbonyl (C=O) groups excluding carboxylic acids is 4. The first-order chi connectivity index (χ1) is 29.7. The van der Waals surface area contributed by atoms with Gasteiger partial charge in [-0.1, -0.05) is 35.9 Å². The number of phenols is 1. The summed E-state index contributed by atoms with van der Waals surface area (Å²) in [6.07, 6.45) is 2.42. The fourth-order valence-electron chi connectivity index (χ4n) is 10.1. The minimum atomic E-state index is -0.857. The van der Waals surface area contributed by atoms with Crippen LogP contribution in [0.1, 0.15) is 24.3 Å². The Labute approximate surface area is 347 Å². The Morgan fingerprint density at radius 1 is 0.607 bits per heavy atom. The summed E-state index contributed by atoms with van der Waals surface area (Å²) in [4.78, 5) is 70.1. The van der Waals surface area contributed by atoms with Crippen LogP contribution in [0.5, 0.6) is 17.2 Å². The molecule has 0 radical (unpaired) electrons. The minimum absolute atomic E-state index is 0.130. The Morgan fingerprint density at radius 2 is 1.10 bits per heavy atom. The SMILES string of the molecule is COc1cc([C@H]2C3=CC[C@@H]4C(=O)N(c5ccc(-c6nc7ccccc7o6)cc5)C(=O)[C@@H]4[C@@H]3C[C@H]3C(=O)N(c4ccc(-c5nc6ccccc6o5)cc4)C(=O)[C@@H]23)cc(OC)c1O. The zero-order valence-electron chi connectivity index (χ0n) is 32.9. The molecule has 13 nitrogen and oxygen atoms in total. The van der Waals surface area contributed by atoms with Crippen LogP contribution in [0.15, 0.2) is 130 Å². The molecule has 4 amide bonds. The van der Waals surface area contributed by atoms with E-state index in [0.29, 0.717) is 56.5 Å². The molecule has 2 aromatic heterocycles. The zero-order chi connectivity index (χ0) is 41.7. The molecule has 2 aliphatic carbocycles. The summed E-state index contributed by atoms with van der Waals surface area (Å²) < 4.78 is 23.0. The Bertz CT molecular complexity index is 2910. The van der Waals surface area contributed by atoms with E-state index in [4.69, 9.17) is 18.3 Å². The minimum Gasteiger partial charge on any atom is -0.502 e. The maximum Gasteiger partial charge on any atom is 0.238 e. The van der Waals surface area contributed by atoms with Crippen molar-refractivity contribution in [2.45, 2.75) is 18.8 Å². The summed E-state index contributed by atoms with van der Waals surface area (Å²) in [6.45, 7) is 0. The van der Waals surface area contributed by atoms with Crippen LogP contribution in [0, 0.1) is 29.6 Å². The lowest BCUT2D eigenvalue weighted by Gasteiger charge is -2.44. The molecule has 6 atom stereocenters. The van der Waals surface area contributed by atoms with Gasteiger partial charge in [-0.25, -0.2) is 9.97 Å². The predicted molar refractivity (Wildman–Crippen MR) is 223 cm³/mol. The van der Waals surface area contributed by atoms with Gasteiger partial charge in [-0.3, -0.25) is 29.0 Å². The van der Waals surface area contributed by atoms with Crippen LogP contribution in [0.3, 0.4) is 0 Å². The molecule has 5 aromatic carbocycles. The number of oxazole rings is 2. The lowest BCUT2D eigenvalue weighted by molar-refractivity contribution is -0.126. The number of benzene rings is 5. The molecule has 11 rings (SSSR count). The highest BCUT2D eigenvalue weighted by molar-refractivity contribution is 6.24. The number of anilines is 2. The molecular formula is C48H36N4O9. The number of amides is 4. The molecule has 4 aliphatic rings. The number of allylic oxidation sites excluding steroid dienone is 2. The van der Waals surface area contributed by atoms with E-state index in [2.05, 4.69) is 9.97 Å². The van der Waals surface area contributed by atoms with Gasteiger partial charge in [0.05, 0.1) is 49.3 Å². The first-order valence-corrected chi connectivity index (χ1v) is 20.0. The van der Waals surface area contributed by atoms with E-state index in [1.54, 1.807) is 60.7 Å². The second-order valence-corrected chi connectivity index (χ2v) is 15.9. The number of imide groups is 2. The van der Waals surface area contributed by atoms with Gasteiger partial charge in [0.1, 0.15) is 11.0 Å². The molecule has 61 heavy (non-hydrogen) atoms. The van der Waals surface area contributed by atoms with Crippen molar-refractivity contribution >= 4 is 57.2 Å². The first kappa shape index (κ1) is 36.5. The van der Waals surface area contributed by atoms with Crippen molar-refractivity contribution in [1.29, 1.82) is 0 Å². The number of aromatic nitrogens is 2. The summed E-state index contributed by atoms with van der Waals surface area (Å²) in [5, 5.41) is 10.9. The van der Waals surface area contributed by atoms with Crippen LogP contribution < -0.4 is 19.3 Å². The highest BCUT2D eigenvalue weighted by Crippen LogP contribution is 2.59. The van der Waals surface area contributed by atoms with Gasteiger partial charge in [0.15, 0.2) is 22.7 Å². The quantitative estimate of drug-likeness (QED) is 0.122. The number of carbonyl (C=O) groups is 4. The van der Waals surface area contributed by atoms with Gasteiger partial charge >= 0.3 is 0 Å². The summed E-state index contributed by atoms with van der Waals surface area (Å²) in [7, 11) is 2.84. The van der Waals surface area contributed by atoms with Gasteiger partial charge in [0, 0.05) is 17.0 Å². The predicted octanol–water partition coefficient (Wildman–Crippen LogP) is 8.07. The zero-order valence-corrected chi connectivity index (χ0v) is 32.9. The molecule has 0 spiro atoms. The van der Waals surface area contributed by atoms with E-state index in [0.717, 1.165) is 11.1 Å². The number of methoxy groups -OCH3 is 2. The van der Waals surface area contributed by atoms with Crippen molar-refractivity contribution < 1.29 is 42.6 Å². The molecule has 2 saturated heterocycles. The fourth-order valence-corrected chi connectivity index (χ4v) is 10.1. The number of rotatable bonds is 7. The van der Waals surface area contributed by atoms with Gasteiger partial charge in [0.2, 0.25) is 41.2 Å². The first-order valence-electron chi connectivity index (χ1n) is 20.0. The van der Waals surface area contributed by atoms with Crippen LogP contribution in [-0.2, 0) is 19.2 Å². The van der Waals surface area contributed by atoms with Gasteiger partial charge in [-0.2, -0.15) is 0 Å². The van der Waals surface area contributed by atoms with E-state index in [-0.39, 0.29) is 41.9 Å². The topological polar surface area (TPSA) is 166 Å². The highest BCUT2D eigenvalue weighted by atomic mass is 16.5. The van der Waals surface area contributed by atoms with Crippen LogP contribution >= 0.6 is 0 Å². The van der Waals surface area contributed by atoms with E-state index >= 15 is 0 Å². The number of fused-ring (bicyclic) bond motifs is 6.